The molecule has 1 aromatic rings. The van der Waals surface area contributed by atoms with Crippen LogP contribution in [0.3, 0.4) is 0 Å². The van der Waals surface area contributed by atoms with Gasteiger partial charge in [-0.2, -0.15) is 0 Å². The van der Waals surface area contributed by atoms with Gasteiger partial charge in [-0.05, 0) is 18.9 Å². The Bertz CT molecular complexity index is 388. The number of hydrogen-bond donors (Lipinski definition) is 2. The van der Waals surface area contributed by atoms with Crippen molar-refractivity contribution < 1.29 is 14.6 Å². The van der Waals surface area contributed by atoms with Gasteiger partial charge in [-0.3, -0.25) is 4.79 Å². The van der Waals surface area contributed by atoms with E-state index in [9.17, 15) is 9.90 Å². The quantitative estimate of drug-likeness (QED) is 0.811. The van der Waals surface area contributed by atoms with Crippen molar-refractivity contribution >= 4 is 5.91 Å². The molecule has 0 heterocycles. The molecule has 4 heteroatoms. The van der Waals surface area contributed by atoms with Crippen LogP contribution in [0.2, 0.25) is 0 Å². The highest BCUT2D eigenvalue weighted by Crippen LogP contribution is 2.24. The number of carbonyl (C=O) groups is 1. The van der Waals surface area contributed by atoms with Crippen molar-refractivity contribution in [3.05, 3.63) is 29.8 Å². The Morgan fingerprint density at radius 1 is 1.33 bits per heavy atom. The molecule has 0 radical (unpaired) electrons. The van der Waals surface area contributed by atoms with E-state index in [1.165, 1.54) is 0 Å². The Hall–Kier alpha value is -1.55. The average Bonchev–Trinajstić information content (AvgIpc) is 2.34. The fraction of sp³-hybridized carbons (Fsp3) is 0.500. The van der Waals surface area contributed by atoms with E-state index >= 15 is 0 Å². The van der Waals surface area contributed by atoms with Crippen molar-refractivity contribution in [2.45, 2.75) is 26.9 Å². The molecule has 0 saturated carbocycles. The molecule has 18 heavy (non-hydrogen) atoms. The summed E-state index contributed by atoms with van der Waals surface area (Å²) in [6.45, 7) is 6.34. The van der Waals surface area contributed by atoms with Gasteiger partial charge in [0.2, 0.25) is 0 Å². The van der Waals surface area contributed by atoms with Crippen LogP contribution in [-0.2, 0) is 4.79 Å². The maximum absolute atomic E-state index is 11.5. The van der Waals surface area contributed by atoms with Crippen LogP contribution in [0.25, 0.3) is 0 Å². The largest absolute Gasteiger partial charge is 0.483 e. The second-order valence-corrected chi connectivity index (χ2v) is 4.70. The summed E-state index contributed by atoms with van der Waals surface area (Å²) in [6.07, 6.45) is -0.611. The zero-order valence-electron chi connectivity index (χ0n) is 11.1. The van der Waals surface area contributed by atoms with Crippen molar-refractivity contribution in [2.24, 2.45) is 5.92 Å². The van der Waals surface area contributed by atoms with E-state index in [2.05, 4.69) is 5.32 Å². The second-order valence-electron chi connectivity index (χ2n) is 4.70. The lowest BCUT2D eigenvalue weighted by molar-refractivity contribution is -0.123. The van der Waals surface area contributed by atoms with Gasteiger partial charge in [0.05, 0.1) is 6.10 Å². The smallest absolute Gasteiger partial charge is 0.257 e. The van der Waals surface area contributed by atoms with Gasteiger partial charge in [-0.25, -0.2) is 0 Å². The zero-order chi connectivity index (χ0) is 13.5. The molecule has 100 valence electrons. The summed E-state index contributed by atoms with van der Waals surface area (Å²) in [5.41, 5.74) is 0.689. The lowest BCUT2D eigenvalue weighted by atomic mass is 10.1. The fourth-order valence-corrected chi connectivity index (χ4v) is 1.47. The Kier molecular flexibility index (Phi) is 5.65. The molecule has 0 aliphatic heterocycles. The lowest BCUT2D eigenvalue weighted by Crippen LogP contribution is -2.31. The first kappa shape index (κ1) is 14.5. The number of rotatable bonds is 6. The van der Waals surface area contributed by atoms with Crippen LogP contribution in [0.4, 0.5) is 0 Å². The molecule has 0 spiro atoms. The minimum absolute atomic E-state index is 0.0313. The van der Waals surface area contributed by atoms with Gasteiger partial charge in [0.15, 0.2) is 6.61 Å². The molecule has 0 bridgehead atoms. The van der Waals surface area contributed by atoms with Crippen LogP contribution in [0, 0.1) is 5.92 Å². The molecule has 0 fully saturated rings. The molecular formula is C14H21NO3. The van der Waals surface area contributed by atoms with Crippen LogP contribution in [0.15, 0.2) is 24.3 Å². The van der Waals surface area contributed by atoms with E-state index in [1.54, 1.807) is 19.1 Å². The summed E-state index contributed by atoms with van der Waals surface area (Å²) in [6, 6.07) is 7.17. The van der Waals surface area contributed by atoms with Crippen molar-refractivity contribution in [3.63, 3.8) is 0 Å². The Morgan fingerprint density at radius 3 is 2.61 bits per heavy atom. The summed E-state index contributed by atoms with van der Waals surface area (Å²) in [5, 5.41) is 12.3. The maximum atomic E-state index is 11.5. The minimum atomic E-state index is -0.611. The van der Waals surface area contributed by atoms with E-state index in [1.807, 2.05) is 26.0 Å². The molecule has 0 aromatic heterocycles. The molecule has 0 aliphatic rings. The van der Waals surface area contributed by atoms with Crippen molar-refractivity contribution in [1.29, 1.82) is 0 Å². The van der Waals surface area contributed by atoms with Crippen LogP contribution in [0.5, 0.6) is 5.75 Å². The average molecular weight is 251 g/mol. The summed E-state index contributed by atoms with van der Waals surface area (Å²) in [7, 11) is 0. The first-order valence-corrected chi connectivity index (χ1v) is 6.17. The van der Waals surface area contributed by atoms with Gasteiger partial charge in [0.1, 0.15) is 5.75 Å². The van der Waals surface area contributed by atoms with Crippen molar-refractivity contribution in [1.82, 2.24) is 5.32 Å². The van der Waals surface area contributed by atoms with E-state index in [0.29, 0.717) is 23.8 Å². The third kappa shape index (κ3) is 4.75. The Morgan fingerprint density at radius 2 is 2.00 bits per heavy atom. The van der Waals surface area contributed by atoms with Gasteiger partial charge in [-0.1, -0.05) is 32.0 Å². The monoisotopic (exact) mass is 251 g/mol. The first-order chi connectivity index (χ1) is 8.50. The number of ether oxygens (including phenoxy) is 1. The third-order valence-electron chi connectivity index (χ3n) is 2.44. The van der Waals surface area contributed by atoms with Crippen LogP contribution < -0.4 is 10.1 Å². The SMILES string of the molecule is CC(C)CNC(=O)COc1ccccc1[C@H](C)O. The van der Waals surface area contributed by atoms with E-state index in [0.717, 1.165) is 0 Å². The number of carbonyl (C=O) groups excluding carboxylic acids is 1. The Labute approximate surface area is 108 Å². The van der Waals surface area contributed by atoms with Gasteiger partial charge in [-0.15, -0.1) is 0 Å². The normalized spacial score (nSPS) is 12.3. The summed E-state index contributed by atoms with van der Waals surface area (Å²) in [4.78, 5) is 11.5. The Balaban J connectivity index is 2.50. The lowest BCUT2D eigenvalue weighted by Gasteiger charge is -2.13. The number of benzene rings is 1. The third-order valence-corrected chi connectivity index (χ3v) is 2.44. The number of nitrogens with one attached hydrogen (secondary N) is 1. The highest BCUT2D eigenvalue weighted by molar-refractivity contribution is 5.77. The number of aliphatic hydroxyl groups is 1. The van der Waals surface area contributed by atoms with Gasteiger partial charge in [0, 0.05) is 12.1 Å². The highest BCUT2D eigenvalue weighted by atomic mass is 16.5. The molecule has 1 atom stereocenters. The van der Waals surface area contributed by atoms with Crippen LogP contribution in [-0.4, -0.2) is 24.2 Å². The van der Waals surface area contributed by atoms with Crippen molar-refractivity contribution in [3.8, 4) is 5.75 Å². The van der Waals surface area contributed by atoms with Gasteiger partial charge < -0.3 is 15.2 Å². The fourth-order valence-electron chi connectivity index (χ4n) is 1.47. The molecule has 4 nitrogen and oxygen atoms in total. The molecule has 1 aromatic carbocycles. The maximum Gasteiger partial charge on any atom is 0.257 e. The number of para-hydroxylation sites is 1. The highest BCUT2D eigenvalue weighted by Gasteiger charge is 2.10. The number of amides is 1. The van der Waals surface area contributed by atoms with Gasteiger partial charge >= 0.3 is 0 Å². The molecule has 0 saturated heterocycles. The van der Waals surface area contributed by atoms with Crippen LogP contribution in [0.1, 0.15) is 32.4 Å². The minimum Gasteiger partial charge on any atom is -0.483 e. The van der Waals surface area contributed by atoms with E-state index < -0.39 is 6.10 Å². The summed E-state index contributed by atoms with van der Waals surface area (Å²) >= 11 is 0. The van der Waals surface area contributed by atoms with Crippen molar-refractivity contribution in [2.75, 3.05) is 13.2 Å². The van der Waals surface area contributed by atoms with E-state index in [-0.39, 0.29) is 12.5 Å². The predicted molar refractivity (Wildman–Crippen MR) is 70.4 cm³/mol. The molecular weight excluding hydrogens is 230 g/mol. The molecule has 2 N–H and O–H groups in total. The topological polar surface area (TPSA) is 58.6 Å². The second kappa shape index (κ2) is 7.01. The van der Waals surface area contributed by atoms with Crippen LogP contribution >= 0.6 is 0 Å². The van der Waals surface area contributed by atoms with Gasteiger partial charge in [0.25, 0.3) is 5.91 Å². The summed E-state index contributed by atoms with van der Waals surface area (Å²) < 4.78 is 5.42. The molecule has 0 aliphatic carbocycles. The first-order valence-electron chi connectivity index (χ1n) is 6.17. The molecule has 0 unspecified atom stereocenters. The molecule has 1 amide bonds. The predicted octanol–water partition coefficient (Wildman–Crippen LogP) is 1.89. The number of hydrogen-bond acceptors (Lipinski definition) is 3. The van der Waals surface area contributed by atoms with E-state index in [4.69, 9.17) is 4.74 Å². The summed E-state index contributed by atoms with van der Waals surface area (Å²) in [5.74, 6) is 0.815. The number of aliphatic hydroxyl groups excluding tert-OH is 1. The molecule has 1 rings (SSSR count). The standard InChI is InChI=1S/C14H21NO3/c1-10(2)8-15-14(17)9-18-13-7-5-4-6-12(13)11(3)16/h4-7,10-11,16H,8-9H2,1-3H3,(H,15,17)/t11-/m0/s1. The zero-order valence-corrected chi connectivity index (χ0v) is 11.1.